The quantitative estimate of drug-likeness (QED) is 0.879. The molecule has 1 heterocycles. The van der Waals surface area contributed by atoms with E-state index >= 15 is 0 Å². The minimum absolute atomic E-state index is 0.0189. The molecule has 1 aliphatic heterocycles. The summed E-state index contributed by atoms with van der Waals surface area (Å²) in [6.45, 7) is 3.73. The molecular formula is C16H21BrFNO2. The monoisotopic (exact) mass is 357 g/mol. The van der Waals surface area contributed by atoms with Gasteiger partial charge >= 0.3 is 5.97 Å². The number of carboxylic acids is 1. The van der Waals surface area contributed by atoms with E-state index in [1.807, 2.05) is 6.92 Å². The van der Waals surface area contributed by atoms with Crippen molar-refractivity contribution in [3.8, 4) is 0 Å². The first-order valence-corrected chi connectivity index (χ1v) is 8.15. The number of rotatable bonds is 4. The first kappa shape index (κ1) is 16.4. The Bertz CT molecular complexity index is 515. The number of carbonyl (C=O) groups is 1. The number of hydrogen-bond donors (Lipinski definition) is 1. The summed E-state index contributed by atoms with van der Waals surface area (Å²) < 4.78 is 13.9. The zero-order chi connectivity index (χ0) is 15.5. The number of hydrogen-bond acceptors (Lipinski definition) is 2. The van der Waals surface area contributed by atoms with Crippen molar-refractivity contribution in [2.45, 2.75) is 44.6 Å². The van der Waals surface area contributed by atoms with E-state index in [1.54, 1.807) is 12.1 Å². The topological polar surface area (TPSA) is 40.5 Å². The maximum atomic E-state index is 13.5. The standard InChI is InChI=1S/C16H21BrFNO2/c1-16(11-15(20)21,19-8-4-2-3-5-9-19)12-6-7-14(18)13(17)10-12/h6-7,10H,2-5,8-9,11H2,1H3,(H,20,21). The van der Waals surface area contributed by atoms with Crippen LogP contribution >= 0.6 is 15.9 Å². The van der Waals surface area contributed by atoms with E-state index in [1.165, 1.54) is 18.9 Å². The Morgan fingerprint density at radius 1 is 1.33 bits per heavy atom. The third-order valence-corrected chi connectivity index (χ3v) is 4.95. The summed E-state index contributed by atoms with van der Waals surface area (Å²) >= 11 is 3.20. The minimum atomic E-state index is -0.831. The van der Waals surface area contributed by atoms with Crippen molar-refractivity contribution in [3.05, 3.63) is 34.1 Å². The molecule has 0 bridgehead atoms. The Morgan fingerprint density at radius 2 is 1.95 bits per heavy atom. The van der Waals surface area contributed by atoms with Gasteiger partial charge in [-0.05, 0) is 66.5 Å². The number of likely N-dealkylation sites (tertiary alicyclic amines) is 1. The molecule has 1 aromatic carbocycles. The van der Waals surface area contributed by atoms with Crippen molar-refractivity contribution in [1.82, 2.24) is 4.90 Å². The molecule has 1 fully saturated rings. The Balaban J connectivity index is 2.38. The fraction of sp³-hybridized carbons (Fsp3) is 0.562. The van der Waals surface area contributed by atoms with Gasteiger partial charge in [-0.2, -0.15) is 0 Å². The number of aliphatic carboxylic acids is 1. The summed E-state index contributed by atoms with van der Waals surface area (Å²) in [5, 5.41) is 9.32. The van der Waals surface area contributed by atoms with Crippen molar-refractivity contribution >= 4 is 21.9 Å². The molecule has 0 radical (unpaired) electrons. The van der Waals surface area contributed by atoms with Gasteiger partial charge in [-0.3, -0.25) is 9.69 Å². The lowest BCUT2D eigenvalue weighted by Gasteiger charge is -2.40. The molecule has 116 valence electrons. The van der Waals surface area contributed by atoms with Crippen LogP contribution in [0.15, 0.2) is 22.7 Å². The van der Waals surface area contributed by atoms with E-state index in [0.717, 1.165) is 31.5 Å². The highest BCUT2D eigenvalue weighted by atomic mass is 79.9. The van der Waals surface area contributed by atoms with Crippen molar-refractivity contribution in [1.29, 1.82) is 0 Å². The first-order chi connectivity index (χ1) is 9.93. The van der Waals surface area contributed by atoms with Crippen LogP contribution in [0.3, 0.4) is 0 Å². The fourth-order valence-corrected chi connectivity index (χ4v) is 3.47. The molecule has 0 aromatic heterocycles. The van der Waals surface area contributed by atoms with Gasteiger partial charge in [-0.15, -0.1) is 0 Å². The maximum Gasteiger partial charge on any atom is 0.305 e. The molecule has 1 atom stereocenters. The second-order valence-corrected chi connectivity index (χ2v) is 6.73. The highest BCUT2D eigenvalue weighted by molar-refractivity contribution is 9.10. The van der Waals surface area contributed by atoms with Gasteiger partial charge in [-0.1, -0.05) is 18.9 Å². The molecule has 0 amide bonds. The molecule has 3 nitrogen and oxygen atoms in total. The first-order valence-electron chi connectivity index (χ1n) is 7.36. The van der Waals surface area contributed by atoms with Crippen molar-refractivity contribution in [2.24, 2.45) is 0 Å². The van der Waals surface area contributed by atoms with Gasteiger partial charge in [0, 0.05) is 0 Å². The second-order valence-electron chi connectivity index (χ2n) is 5.87. The maximum absolute atomic E-state index is 13.5. The Morgan fingerprint density at radius 3 is 2.48 bits per heavy atom. The van der Waals surface area contributed by atoms with Gasteiger partial charge in [0.05, 0.1) is 16.4 Å². The average molecular weight is 358 g/mol. The van der Waals surface area contributed by atoms with E-state index in [9.17, 15) is 14.3 Å². The predicted octanol–water partition coefficient (Wildman–Crippen LogP) is 4.15. The van der Waals surface area contributed by atoms with Gasteiger partial charge in [0.15, 0.2) is 0 Å². The van der Waals surface area contributed by atoms with Crippen LogP contribution in [0.1, 0.15) is 44.6 Å². The van der Waals surface area contributed by atoms with E-state index in [-0.39, 0.29) is 12.2 Å². The van der Waals surface area contributed by atoms with E-state index in [4.69, 9.17) is 0 Å². The number of carboxylic acid groups (broad SMARTS) is 1. The molecule has 21 heavy (non-hydrogen) atoms. The van der Waals surface area contributed by atoms with Crippen LogP contribution in [-0.2, 0) is 10.3 Å². The Kier molecular flexibility index (Phi) is 5.38. The van der Waals surface area contributed by atoms with E-state index in [2.05, 4.69) is 20.8 Å². The van der Waals surface area contributed by atoms with Crippen molar-refractivity contribution in [3.63, 3.8) is 0 Å². The summed E-state index contributed by atoms with van der Waals surface area (Å²) in [4.78, 5) is 13.6. The van der Waals surface area contributed by atoms with Crippen LogP contribution in [0.2, 0.25) is 0 Å². The molecule has 5 heteroatoms. The molecule has 0 saturated carbocycles. The Labute approximate surface area is 133 Å². The second kappa shape index (κ2) is 6.88. The lowest BCUT2D eigenvalue weighted by Crippen LogP contribution is -2.46. The smallest absolute Gasteiger partial charge is 0.305 e. The van der Waals surface area contributed by atoms with E-state index in [0.29, 0.717) is 4.47 Å². The van der Waals surface area contributed by atoms with Crippen molar-refractivity contribution in [2.75, 3.05) is 13.1 Å². The zero-order valence-corrected chi connectivity index (χ0v) is 13.8. The van der Waals surface area contributed by atoms with Gasteiger partial charge in [0.2, 0.25) is 0 Å². The molecule has 1 aliphatic rings. The summed E-state index contributed by atoms with van der Waals surface area (Å²) in [7, 11) is 0. The van der Waals surface area contributed by atoms with Crippen LogP contribution in [-0.4, -0.2) is 29.1 Å². The highest BCUT2D eigenvalue weighted by Gasteiger charge is 2.36. The van der Waals surface area contributed by atoms with Gasteiger partial charge in [0.25, 0.3) is 0 Å². The molecule has 2 rings (SSSR count). The van der Waals surface area contributed by atoms with Crippen molar-refractivity contribution < 1.29 is 14.3 Å². The van der Waals surface area contributed by atoms with Gasteiger partial charge < -0.3 is 5.11 Å². The summed E-state index contributed by atoms with van der Waals surface area (Å²) in [5.41, 5.74) is 0.243. The Hall–Kier alpha value is -0.940. The van der Waals surface area contributed by atoms with Gasteiger partial charge in [-0.25, -0.2) is 4.39 Å². The third-order valence-electron chi connectivity index (χ3n) is 4.34. The molecule has 1 saturated heterocycles. The fourth-order valence-electron chi connectivity index (χ4n) is 3.09. The lowest BCUT2D eigenvalue weighted by molar-refractivity contribution is -0.140. The van der Waals surface area contributed by atoms with Crippen LogP contribution in [0.25, 0.3) is 0 Å². The highest BCUT2D eigenvalue weighted by Crippen LogP contribution is 2.35. The molecule has 1 unspecified atom stereocenters. The third kappa shape index (κ3) is 3.83. The summed E-state index contributed by atoms with van der Waals surface area (Å²) in [6, 6.07) is 4.81. The molecular weight excluding hydrogens is 337 g/mol. The minimum Gasteiger partial charge on any atom is -0.481 e. The predicted molar refractivity (Wildman–Crippen MR) is 83.7 cm³/mol. The van der Waals surface area contributed by atoms with Crippen LogP contribution in [0, 0.1) is 5.82 Å². The van der Waals surface area contributed by atoms with E-state index < -0.39 is 11.5 Å². The number of benzene rings is 1. The van der Waals surface area contributed by atoms with Crippen LogP contribution in [0.5, 0.6) is 0 Å². The summed E-state index contributed by atoms with van der Waals surface area (Å²) in [5.74, 6) is -1.16. The van der Waals surface area contributed by atoms with Gasteiger partial charge in [0.1, 0.15) is 5.82 Å². The number of halogens is 2. The SMILES string of the molecule is CC(CC(=O)O)(c1ccc(F)c(Br)c1)N1CCCCCC1. The molecule has 0 spiro atoms. The zero-order valence-electron chi connectivity index (χ0n) is 12.2. The average Bonchev–Trinajstić information content (AvgIpc) is 2.70. The molecule has 1 aromatic rings. The summed E-state index contributed by atoms with van der Waals surface area (Å²) in [6.07, 6.45) is 4.56. The largest absolute Gasteiger partial charge is 0.481 e. The molecule has 1 N–H and O–H groups in total. The van der Waals surface area contributed by atoms with Crippen LogP contribution in [0.4, 0.5) is 4.39 Å². The lowest BCUT2D eigenvalue weighted by atomic mass is 9.86. The molecule has 0 aliphatic carbocycles. The van der Waals surface area contributed by atoms with Crippen LogP contribution < -0.4 is 0 Å². The normalized spacial score (nSPS) is 19.8. The number of nitrogens with zero attached hydrogens (tertiary/aromatic N) is 1.